The van der Waals surface area contributed by atoms with Crippen molar-refractivity contribution in [1.29, 1.82) is 0 Å². The molecule has 1 aliphatic rings. The first-order chi connectivity index (χ1) is 11.0. The molecule has 23 heavy (non-hydrogen) atoms. The number of anilines is 2. The fourth-order valence-corrected chi connectivity index (χ4v) is 2.95. The number of amides is 1. The summed E-state index contributed by atoms with van der Waals surface area (Å²) >= 11 is 0. The standard InChI is InChI=1S/C15H23N7O/c1-9(2)14(23)22-6-4-5-10(8-22)18-15-19-12(16)11-7-17-21(3)13(11)20-15/h7,9-10H,4-6,8H2,1-3H3,(H3,16,18,19,20). The molecule has 0 aliphatic carbocycles. The largest absolute Gasteiger partial charge is 0.383 e. The first kappa shape index (κ1) is 15.5. The molecule has 1 saturated heterocycles. The molecule has 1 fully saturated rings. The minimum Gasteiger partial charge on any atom is -0.383 e. The molecule has 0 aromatic carbocycles. The average molecular weight is 317 g/mol. The van der Waals surface area contributed by atoms with Crippen LogP contribution < -0.4 is 11.1 Å². The van der Waals surface area contributed by atoms with E-state index in [1.54, 1.807) is 10.9 Å². The number of nitrogens with two attached hydrogens (primary N) is 1. The highest BCUT2D eigenvalue weighted by atomic mass is 16.2. The van der Waals surface area contributed by atoms with E-state index in [1.807, 2.05) is 25.8 Å². The van der Waals surface area contributed by atoms with Gasteiger partial charge in [-0.3, -0.25) is 9.48 Å². The lowest BCUT2D eigenvalue weighted by atomic mass is 10.0. The molecule has 0 saturated carbocycles. The molecule has 1 aliphatic heterocycles. The van der Waals surface area contributed by atoms with Crippen LogP contribution in [0, 0.1) is 5.92 Å². The topological polar surface area (TPSA) is 102 Å². The summed E-state index contributed by atoms with van der Waals surface area (Å²) in [6.07, 6.45) is 3.62. The van der Waals surface area contributed by atoms with Crippen LogP contribution >= 0.6 is 0 Å². The van der Waals surface area contributed by atoms with Crippen molar-refractivity contribution in [3.05, 3.63) is 6.20 Å². The Balaban J connectivity index is 1.76. The molecule has 0 spiro atoms. The van der Waals surface area contributed by atoms with Crippen LogP contribution in [-0.2, 0) is 11.8 Å². The molecule has 2 aromatic rings. The summed E-state index contributed by atoms with van der Waals surface area (Å²) in [5, 5.41) is 8.22. The maximum atomic E-state index is 12.2. The minimum absolute atomic E-state index is 0.0198. The number of fused-ring (bicyclic) bond motifs is 1. The number of aromatic nitrogens is 4. The summed E-state index contributed by atoms with van der Waals surface area (Å²) in [4.78, 5) is 22.9. The summed E-state index contributed by atoms with van der Waals surface area (Å²) in [7, 11) is 1.82. The van der Waals surface area contributed by atoms with Gasteiger partial charge < -0.3 is 16.0 Å². The van der Waals surface area contributed by atoms with Crippen LogP contribution in [0.4, 0.5) is 11.8 Å². The van der Waals surface area contributed by atoms with Crippen LogP contribution in [0.3, 0.4) is 0 Å². The van der Waals surface area contributed by atoms with Gasteiger partial charge in [-0.05, 0) is 12.8 Å². The van der Waals surface area contributed by atoms with Gasteiger partial charge in [0.25, 0.3) is 0 Å². The van der Waals surface area contributed by atoms with E-state index < -0.39 is 0 Å². The molecular weight excluding hydrogens is 294 g/mol. The summed E-state index contributed by atoms with van der Waals surface area (Å²) in [6.45, 7) is 5.35. The number of hydrogen-bond donors (Lipinski definition) is 2. The van der Waals surface area contributed by atoms with Gasteiger partial charge in [-0.2, -0.15) is 15.1 Å². The SMILES string of the molecule is CC(C)C(=O)N1CCCC(Nc2nc(N)c3cnn(C)c3n2)C1. The molecule has 1 amide bonds. The van der Waals surface area contributed by atoms with Gasteiger partial charge in [-0.25, -0.2) is 0 Å². The number of carbonyl (C=O) groups excluding carboxylic acids is 1. The lowest BCUT2D eigenvalue weighted by Crippen LogP contribution is -2.46. The van der Waals surface area contributed by atoms with Crippen molar-refractivity contribution >= 4 is 28.7 Å². The Hall–Kier alpha value is -2.38. The van der Waals surface area contributed by atoms with Gasteiger partial charge >= 0.3 is 0 Å². The fraction of sp³-hybridized carbons (Fsp3) is 0.600. The van der Waals surface area contributed by atoms with E-state index in [9.17, 15) is 4.79 Å². The van der Waals surface area contributed by atoms with E-state index in [2.05, 4.69) is 20.4 Å². The van der Waals surface area contributed by atoms with E-state index in [0.29, 0.717) is 24.0 Å². The quantitative estimate of drug-likeness (QED) is 0.876. The van der Waals surface area contributed by atoms with Crippen molar-refractivity contribution < 1.29 is 4.79 Å². The van der Waals surface area contributed by atoms with Crippen molar-refractivity contribution in [1.82, 2.24) is 24.6 Å². The van der Waals surface area contributed by atoms with Gasteiger partial charge in [0, 0.05) is 32.1 Å². The first-order valence-corrected chi connectivity index (χ1v) is 7.96. The van der Waals surface area contributed by atoms with Crippen molar-refractivity contribution in [2.75, 3.05) is 24.1 Å². The predicted molar refractivity (Wildman–Crippen MR) is 88.8 cm³/mol. The highest BCUT2D eigenvalue weighted by Crippen LogP contribution is 2.21. The van der Waals surface area contributed by atoms with Crippen LogP contribution in [0.5, 0.6) is 0 Å². The fourth-order valence-electron chi connectivity index (χ4n) is 2.95. The maximum Gasteiger partial charge on any atom is 0.226 e. The summed E-state index contributed by atoms with van der Waals surface area (Å²) < 4.78 is 1.67. The number of likely N-dealkylation sites (tertiary alicyclic amines) is 1. The Morgan fingerprint density at radius 3 is 2.96 bits per heavy atom. The van der Waals surface area contributed by atoms with Crippen LogP contribution in [0.15, 0.2) is 6.20 Å². The van der Waals surface area contributed by atoms with Crippen molar-refractivity contribution in [2.24, 2.45) is 13.0 Å². The van der Waals surface area contributed by atoms with Gasteiger partial charge in [0.05, 0.1) is 11.6 Å². The van der Waals surface area contributed by atoms with Crippen LogP contribution in [0.1, 0.15) is 26.7 Å². The lowest BCUT2D eigenvalue weighted by Gasteiger charge is -2.34. The van der Waals surface area contributed by atoms with E-state index in [4.69, 9.17) is 5.73 Å². The van der Waals surface area contributed by atoms with Gasteiger partial charge in [0.15, 0.2) is 5.65 Å². The van der Waals surface area contributed by atoms with E-state index >= 15 is 0 Å². The minimum atomic E-state index is 0.0198. The van der Waals surface area contributed by atoms with Crippen molar-refractivity contribution in [2.45, 2.75) is 32.7 Å². The molecule has 3 heterocycles. The lowest BCUT2D eigenvalue weighted by molar-refractivity contribution is -0.135. The van der Waals surface area contributed by atoms with Crippen LogP contribution in [0.2, 0.25) is 0 Å². The van der Waals surface area contributed by atoms with Gasteiger partial charge in [0.1, 0.15) is 5.82 Å². The third-order valence-corrected chi connectivity index (χ3v) is 4.18. The third kappa shape index (κ3) is 3.06. The molecule has 0 bridgehead atoms. The number of hydrogen-bond acceptors (Lipinski definition) is 6. The van der Waals surface area contributed by atoms with E-state index in [-0.39, 0.29) is 17.9 Å². The second-order valence-corrected chi connectivity index (χ2v) is 6.36. The summed E-state index contributed by atoms with van der Waals surface area (Å²) in [5.74, 6) is 1.12. The monoisotopic (exact) mass is 317 g/mol. The molecule has 8 nitrogen and oxygen atoms in total. The number of piperidine rings is 1. The number of nitrogens with zero attached hydrogens (tertiary/aromatic N) is 5. The number of aryl methyl sites for hydroxylation is 1. The van der Waals surface area contributed by atoms with E-state index in [0.717, 1.165) is 24.8 Å². The van der Waals surface area contributed by atoms with Crippen LogP contribution in [-0.4, -0.2) is 49.7 Å². The van der Waals surface area contributed by atoms with Crippen LogP contribution in [0.25, 0.3) is 11.0 Å². The molecule has 2 aromatic heterocycles. The molecule has 8 heteroatoms. The van der Waals surface area contributed by atoms with E-state index in [1.165, 1.54) is 0 Å². The van der Waals surface area contributed by atoms with Crippen molar-refractivity contribution in [3.63, 3.8) is 0 Å². The van der Waals surface area contributed by atoms with Gasteiger partial charge in [-0.1, -0.05) is 13.8 Å². The Bertz CT molecular complexity index is 724. The predicted octanol–water partition coefficient (Wildman–Crippen LogP) is 1.00. The Morgan fingerprint density at radius 1 is 1.43 bits per heavy atom. The Morgan fingerprint density at radius 2 is 2.22 bits per heavy atom. The average Bonchev–Trinajstić information content (AvgIpc) is 2.89. The number of nitrogens with one attached hydrogen (secondary N) is 1. The zero-order valence-corrected chi connectivity index (χ0v) is 13.8. The molecule has 3 rings (SSSR count). The Kier molecular flexibility index (Phi) is 4.06. The zero-order valence-electron chi connectivity index (χ0n) is 13.8. The molecule has 0 radical (unpaired) electrons. The molecule has 1 atom stereocenters. The zero-order chi connectivity index (χ0) is 16.6. The second kappa shape index (κ2) is 6.02. The molecule has 1 unspecified atom stereocenters. The normalized spacial score (nSPS) is 18.6. The second-order valence-electron chi connectivity index (χ2n) is 6.36. The van der Waals surface area contributed by atoms with Gasteiger partial charge in [0.2, 0.25) is 11.9 Å². The molecule has 3 N–H and O–H groups in total. The molecular formula is C15H23N7O. The van der Waals surface area contributed by atoms with Crippen molar-refractivity contribution in [3.8, 4) is 0 Å². The number of carbonyl (C=O) groups is 1. The highest BCUT2D eigenvalue weighted by Gasteiger charge is 2.25. The Labute approximate surface area is 135 Å². The van der Waals surface area contributed by atoms with Gasteiger partial charge in [-0.15, -0.1) is 0 Å². The first-order valence-electron chi connectivity index (χ1n) is 7.96. The summed E-state index contributed by atoms with van der Waals surface area (Å²) in [6, 6.07) is 0.136. The number of rotatable bonds is 3. The highest BCUT2D eigenvalue weighted by molar-refractivity contribution is 5.86. The third-order valence-electron chi connectivity index (χ3n) is 4.18. The molecule has 124 valence electrons. The maximum absolute atomic E-state index is 12.2. The smallest absolute Gasteiger partial charge is 0.226 e. The summed E-state index contributed by atoms with van der Waals surface area (Å²) in [5.41, 5.74) is 6.68. The number of nitrogen functional groups attached to an aromatic ring is 1.